The zero-order valence-corrected chi connectivity index (χ0v) is 15.8. The van der Waals surface area contributed by atoms with Gasteiger partial charge in [-0.05, 0) is 25.0 Å². The summed E-state index contributed by atoms with van der Waals surface area (Å²) >= 11 is 11.4. The Morgan fingerprint density at radius 2 is 1.12 bits per heavy atom. The van der Waals surface area contributed by atoms with Gasteiger partial charge in [-0.15, -0.1) is 23.2 Å². The first-order valence-corrected chi connectivity index (χ1v) is 9.71. The average Bonchev–Trinajstić information content (AvgIpc) is 2.66. The van der Waals surface area contributed by atoms with E-state index in [-0.39, 0.29) is 11.6 Å². The monoisotopic (exact) mass is 390 g/mol. The summed E-state index contributed by atoms with van der Waals surface area (Å²) in [5, 5.41) is 6.45. The molecule has 0 bridgehead atoms. The van der Waals surface area contributed by atoms with Crippen molar-refractivity contribution >= 4 is 46.1 Å². The van der Waals surface area contributed by atoms with E-state index in [1.165, 1.54) is 0 Å². The van der Waals surface area contributed by atoms with E-state index in [1.807, 2.05) is 12.1 Å². The van der Waals surface area contributed by atoms with Crippen LogP contribution in [0.4, 0.5) is 11.4 Å². The number of carbonyl (C=O) groups is 2. The molecule has 2 aromatic carbocycles. The molecular weight excluding hydrogens is 371 g/mol. The van der Waals surface area contributed by atoms with Gasteiger partial charge in [-0.2, -0.15) is 0 Å². The number of anilines is 2. The Kier molecular flexibility index (Phi) is 6.17. The van der Waals surface area contributed by atoms with Crippen molar-refractivity contribution in [2.45, 2.75) is 12.8 Å². The molecule has 0 radical (unpaired) electrons. The third-order valence-corrected chi connectivity index (χ3v) is 4.86. The first kappa shape index (κ1) is 18.7. The molecule has 1 aliphatic carbocycles. The number of alkyl halides is 2. The van der Waals surface area contributed by atoms with Crippen LogP contribution in [0.2, 0.25) is 0 Å². The Balaban J connectivity index is 2.00. The van der Waals surface area contributed by atoms with Gasteiger partial charge in [0.25, 0.3) is 0 Å². The average molecular weight is 391 g/mol. The summed E-state index contributed by atoms with van der Waals surface area (Å²) in [6.07, 6.45) is 1.55. The van der Waals surface area contributed by atoms with Crippen LogP contribution in [0.15, 0.2) is 36.4 Å². The second kappa shape index (κ2) is 8.56. The number of fused-ring (bicyclic) bond motifs is 2. The number of rotatable bonds is 8. The molecule has 1 aliphatic rings. The quantitative estimate of drug-likeness (QED) is 0.437. The highest BCUT2D eigenvalue weighted by Crippen LogP contribution is 2.35. The second-order valence-corrected chi connectivity index (χ2v) is 6.81. The second-order valence-electron chi connectivity index (χ2n) is 6.05. The molecule has 0 unspecified atom stereocenters. The van der Waals surface area contributed by atoms with Crippen LogP contribution in [0.5, 0.6) is 0 Å². The number of benzene rings is 2. The van der Waals surface area contributed by atoms with Crippen molar-refractivity contribution in [2.75, 3.05) is 35.5 Å². The highest BCUT2D eigenvalue weighted by Gasteiger charge is 2.33. The minimum absolute atomic E-state index is 0.135. The van der Waals surface area contributed by atoms with Crippen LogP contribution < -0.4 is 10.6 Å². The van der Waals surface area contributed by atoms with Gasteiger partial charge in [0.15, 0.2) is 11.6 Å². The third-order valence-electron chi connectivity index (χ3n) is 4.32. The lowest BCUT2D eigenvalue weighted by Crippen LogP contribution is -2.24. The summed E-state index contributed by atoms with van der Waals surface area (Å²) in [6, 6.07) is 10.7. The SMILES string of the molecule is O=C1c2cccc(NCCCCl)c2C(=O)c2cccc(NCCCCl)c21. The maximum atomic E-state index is 13.1. The molecule has 0 saturated heterocycles. The standard InChI is InChI=1S/C20H20Cl2N2O2/c21-9-3-11-23-15-7-1-5-13-17(15)20(26)14-6-2-8-16(18(14)19(13)25)24-12-4-10-22/h1-2,5-8,23-24H,3-4,9-12H2. The molecule has 0 atom stereocenters. The van der Waals surface area contributed by atoms with Crippen LogP contribution in [0.3, 0.4) is 0 Å². The van der Waals surface area contributed by atoms with Crippen molar-refractivity contribution in [1.29, 1.82) is 0 Å². The maximum absolute atomic E-state index is 13.1. The number of hydrogen-bond donors (Lipinski definition) is 2. The number of carbonyl (C=O) groups excluding carboxylic acids is 2. The fourth-order valence-corrected chi connectivity index (χ4v) is 3.38. The Labute approximate surface area is 162 Å². The smallest absolute Gasteiger partial charge is 0.196 e. The number of nitrogens with one attached hydrogen (secondary N) is 2. The molecule has 0 amide bonds. The predicted molar refractivity (Wildman–Crippen MR) is 107 cm³/mol. The highest BCUT2D eigenvalue weighted by atomic mass is 35.5. The molecule has 2 N–H and O–H groups in total. The molecule has 0 aliphatic heterocycles. The van der Waals surface area contributed by atoms with Crippen molar-refractivity contribution in [3.63, 3.8) is 0 Å². The van der Waals surface area contributed by atoms with Crippen molar-refractivity contribution in [2.24, 2.45) is 0 Å². The lowest BCUT2D eigenvalue weighted by molar-refractivity contribution is 0.0980. The summed E-state index contributed by atoms with van der Waals surface area (Å²) in [4.78, 5) is 26.2. The molecule has 2 aromatic rings. The Morgan fingerprint density at radius 3 is 1.50 bits per heavy atom. The first-order chi connectivity index (χ1) is 12.7. The van der Waals surface area contributed by atoms with Crippen LogP contribution in [-0.2, 0) is 0 Å². The van der Waals surface area contributed by atoms with E-state index in [1.54, 1.807) is 24.3 Å². The van der Waals surface area contributed by atoms with Gasteiger partial charge in [0.2, 0.25) is 0 Å². The van der Waals surface area contributed by atoms with Gasteiger partial charge in [0, 0.05) is 47.4 Å². The van der Waals surface area contributed by atoms with Gasteiger partial charge in [0.05, 0.1) is 11.1 Å². The molecule has 4 nitrogen and oxygen atoms in total. The zero-order valence-electron chi connectivity index (χ0n) is 14.3. The largest absolute Gasteiger partial charge is 0.384 e. The summed E-state index contributed by atoms with van der Waals surface area (Å²) < 4.78 is 0. The molecule has 136 valence electrons. The normalized spacial score (nSPS) is 12.5. The summed E-state index contributed by atoms with van der Waals surface area (Å²) in [6.45, 7) is 1.29. The molecule has 6 heteroatoms. The zero-order chi connectivity index (χ0) is 18.5. The topological polar surface area (TPSA) is 58.2 Å². The summed E-state index contributed by atoms with van der Waals surface area (Å²) in [7, 11) is 0. The molecule has 0 heterocycles. The van der Waals surface area contributed by atoms with E-state index >= 15 is 0 Å². The van der Waals surface area contributed by atoms with Crippen molar-refractivity contribution in [3.05, 3.63) is 58.7 Å². The third kappa shape index (κ3) is 3.57. The van der Waals surface area contributed by atoms with Crippen LogP contribution >= 0.6 is 23.2 Å². The fourth-order valence-electron chi connectivity index (χ4n) is 3.12. The minimum atomic E-state index is -0.135. The van der Waals surface area contributed by atoms with E-state index in [2.05, 4.69) is 10.6 Å². The van der Waals surface area contributed by atoms with E-state index in [9.17, 15) is 9.59 Å². The minimum Gasteiger partial charge on any atom is -0.384 e. The van der Waals surface area contributed by atoms with Crippen molar-refractivity contribution < 1.29 is 9.59 Å². The first-order valence-electron chi connectivity index (χ1n) is 8.64. The summed E-state index contributed by atoms with van der Waals surface area (Å²) in [5.41, 5.74) is 3.11. The van der Waals surface area contributed by atoms with Crippen LogP contribution in [0.25, 0.3) is 0 Å². The summed E-state index contributed by atoms with van der Waals surface area (Å²) in [5.74, 6) is 0.804. The Hall–Kier alpha value is -2.04. The number of hydrogen-bond acceptors (Lipinski definition) is 4. The molecule has 0 fully saturated rings. The van der Waals surface area contributed by atoms with Crippen LogP contribution in [-0.4, -0.2) is 36.4 Å². The number of halogens is 2. The van der Waals surface area contributed by atoms with Gasteiger partial charge in [0.1, 0.15) is 0 Å². The van der Waals surface area contributed by atoms with Gasteiger partial charge in [-0.25, -0.2) is 0 Å². The van der Waals surface area contributed by atoms with Crippen LogP contribution in [0.1, 0.15) is 44.7 Å². The molecule has 26 heavy (non-hydrogen) atoms. The van der Waals surface area contributed by atoms with Gasteiger partial charge in [-0.3, -0.25) is 9.59 Å². The predicted octanol–water partition coefficient (Wildman–Crippen LogP) is 4.54. The highest BCUT2D eigenvalue weighted by molar-refractivity contribution is 6.31. The van der Waals surface area contributed by atoms with E-state index in [4.69, 9.17) is 23.2 Å². The lowest BCUT2D eigenvalue weighted by atomic mass is 9.82. The Morgan fingerprint density at radius 1 is 0.692 bits per heavy atom. The Bertz CT molecular complexity index is 767. The van der Waals surface area contributed by atoms with Gasteiger partial charge < -0.3 is 10.6 Å². The maximum Gasteiger partial charge on any atom is 0.196 e. The van der Waals surface area contributed by atoms with Crippen molar-refractivity contribution in [3.8, 4) is 0 Å². The molecule has 0 spiro atoms. The molecule has 0 saturated carbocycles. The van der Waals surface area contributed by atoms with Crippen LogP contribution in [0, 0.1) is 0 Å². The molecular formula is C20H20Cl2N2O2. The van der Waals surface area contributed by atoms with E-state index in [0.717, 1.165) is 12.8 Å². The van der Waals surface area contributed by atoms with Gasteiger partial charge in [-0.1, -0.05) is 24.3 Å². The van der Waals surface area contributed by atoms with Crippen molar-refractivity contribution in [1.82, 2.24) is 0 Å². The van der Waals surface area contributed by atoms with E-state index < -0.39 is 0 Å². The van der Waals surface area contributed by atoms with Gasteiger partial charge >= 0.3 is 0 Å². The molecule has 0 aromatic heterocycles. The lowest BCUT2D eigenvalue weighted by Gasteiger charge is -2.23. The molecule has 3 rings (SSSR count). The fraction of sp³-hybridized carbons (Fsp3) is 0.300. The number of ketones is 2. The van der Waals surface area contributed by atoms with E-state index in [0.29, 0.717) is 58.5 Å².